The van der Waals surface area contributed by atoms with Crippen molar-refractivity contribution in [1.82, 2.24) is 0 Å². The Morgan fingerprint density at radius 2 is 2.00 bits per heavy atom. The minimum absolute atomic E-state index is 0.632. The summed E-state index contributed by atoms with van der Waals surface area (Å²) in [5, 5.41) is 2.05. The van der Waals surface area contributed by atoms with E-state index >= 15 is 0 Å². The second-order valence-electron chi connectivity index (χ2n) is 6.55. The Morgan fingerprint density at radius 1 is 1.22 bits per heavy atom. The molecule has 0 nitrogen and oxygen atoms in total. The van der Waals surface area contributed by atoms with Crippen LogP contribution < -0.4 is 0 Å². The molecule has 0 radical (unpaired) electrons. The Labute approximate surface area is 122 Å². The summed E-state index contributed by atoms with van der Waals surface area (Å²) in [5.41, 5.74) is 2.22. The van der Waals surface area contributed by atoms with Gasteiger partial charge in [0.2, 0.25) is 0 Å². The van der Waals surface area contributed by atoms with Crippen molar-refractivity contribution < 1.29 is 0 Å². The second kappa shape index (κ2) is 4.28. The zero-order valence-corrected chi connectivity index (χ0v) is 13.0. The molecule has 2 fully saturated rings. The molecule has 18 heavy (non-hydrogen) atoms. The molecular formula is C16H19BrS. The molecular weight excluding hydrogens is 304 g/mol. The number of alkyl halides is 1. The third kappa shape index (κ3) is 1.96. The maximum atomic E-state index is 3.81. The van der Waals surface area contributed by atoms with Crippen molar-refractivity contribution in [3.05, 3.63) is 29.8 Å². The van der Waals surface area contributed by atoms with E-state index in [-0.39, 0.29) is 0 Å². The zero-order valence-electron chi connectivity index (χ0n) is 10.6. The van der Waals surface area contributed by atoms with E-state index < -0.39 is 0 Å². The number of thioether (sulfide) groups is 1. The van der Waals surface area contributed by atoms with Crippen LogP contribution in [-0.2, 0) is 6.42 Å². The second-order valence-corrected chi connectivity index (χ2v) is 8.46. The summed E-state index contributed by atoms with van der Waals surface area (Å²) >= 11 is 5.95. The number of hydrogen-bond acceptors (Lipinski definition) is 1. The van der Waals surface area contributed by atoms with Gasteiger partial charge in [0.25, 0.3) is 0 Å². The van der Waals surface area contributed by atoms with Gasteiger partial charge in [0.15, 0.2) is 0 Å². The molecule has 3 atom stereocenters. The minimum atomic E-state index is 0.632. The molecule has 1 aromatic carbocycles. The fourth-order valence-electron chi connectivity index (χ4n) is 4.19. The van der Waals surface area contributed by atoms with Gasteiger partial charge >= 0.3 is 0 Å². The van der Waals surface area contributed by atoms with E-state index in [0.29, 0.717) is 5.41 Å². The highest BCUT2D eigenvalue weighted by molar-refractivity contribution is 9.09. The lowest BCUT2D eigenvalue weighted by molar-refractivity contribution is 0.283. The molecule has 1 aromatic rings. The molecule has 4 rings (SSSR count). The largest absolute Gasteiger partial charge is 0.122 e. The normalized spacial score (nSPS) is 40.6. The maximum Gasteiger partial charge on any atom is 0.0141 e. The van der Waals surface area contributed by atoms with Gasteiger partial charge in [0.1, 0.15) is 0 Å². The van der Waals surface area contributed by atoms with Gasteiger partial charge in [-0.25, -0.2) is 0 Å². The number of halogens is 1. The zero-order chi connectivity index (χ0) is 12.2. The molecule has 0 bridgehead atoms. The summed E-state index contributed by atoms with van der Waals surface area (Å²) < 4.78 is 0. The van der Waals surface area contributed by atoms with E-state index in [9.17, 15) is 0 Å². The summed E-state index contributed by atoms with van der Waals surface area (Å²) in [6, 6.07) is 8.98. The molecule has 3 aliphatic rings. The highest BCUT2D eigenvalue weighted by atomic mass is 79.9. The predicted octanol–water partition coefficient (Wildman–Crippen LogP) is 4.90. The first-order chi connectivity index (χ1) is 8.78. The monoisotopic (exact) mass is 322 g/mol. The van der Waals surface area contributed by atoms with Gasteiger partial charge in [-0.2, -0.15) is 0 Å². The van der Waals surface area contributed by atoms with Crippen molar-refractivity contribution >= 4 is 27.7 Å². The summed E-state index contributed by atoms with van der Waals surface area (Å²) in [6.07, 6.45) is 7.24. The molecule has 1 aliphatic heterocycles. The molecule has 1 heterocycles. The quantitative estimate of drug-likeness (QED) is 0.713. The number of fused-ring (bicyclic) bond motifs is 2. The topological polar surface area (TPSA) is 0 Å². The molecule has 3 unspecified atom stereocenters. The summed E-state index contributed by atoms with van der Waals surface area (Å²) in [6.45, 7) is 0. The molecule has 2 saturated carbocycles. The fraction of sp³-hybridized carbons (Fsp3) is 0.625. The highest BCUT2D eigenvalue weighted by Gasteiger charge is 2.53. The average molecular weight is 323 g/mol. The van der Waals surface area contributed by atoms with Crippen LogP contribution >= 0.6 is 27.7 Å². The lowest BCUT2D eigenvalue weighted by atomic mass is 9.80. The molecule has 0 N–H and O–H groups in total. The molecule has 0 amide bonds. The van der Waals surface area contributed by atoms with Gasteiger partial charge < -0.3 is 0 Å². The van der Waals surface area contributed by atoms with Gasteiger partial charge in [0, 0.05) is 15.5 Å². The van der Waals surface area contributed by atoms with E-state index in [1.165, 1.54) is 42.3 Å². The van der Waals surface area contributed by atoms with E-state index in [0.717, 1.165) is 17.1 Å². The maximum absolute atomic E-state index is 3.81. The molecule has 0 spiro atoms. The van der Waals surface area contributed by atoms with Crippen molar-refractivity contribution in [3.8, 4) is 0 Å². The molecule has 0 aromatic heterocycles. The lowest BCUT2D eigenvalue weighted by Crippen LogP contribution is -2.25. The van der Waals surface area contributed by atoms with Crippen LogP contribution in [0.2, 0.25) is 0 Å². The Morgan fingerprint density at radius 3 is 2.72 bits per heavy atom. The predicted molar refractivity (Wildman–Crippen MR) is 81.5 cm³/mol. The molecule has 2 aliphatic carbocycles. The fourth-order valence-corrected chi connectivity index (χ4v) is 6.39. The summed E-state index contributed by atoms with van der Waals surface area (Å²) in [4.78, 5) is 1.54. The molecule has 96 valence electrons. The third-order valence-electron chi connectivity index (χ3n) is 5.12. The Kier molecular flexibility index (Phi) is 2.81. The first-order valence-electron chi connectivity index (χ1n) is 7.09. The third-order valence-corrected chi connectivity index (χ3v) is 7.63. The first-order valence-corrected chi connectivity index (χ1v) is 9.09. The highest BCUT2D eigenvalue weighted by Crippen LogP contribution is 2.63. The lowest BCUT2D eigenvalue weighted by Gasteiger charge is -2.31. The summed E-state index contributed by atoms with van der Waals surface area (Å²) in [7, 11) is 0. The SMILES string of the molecule is BrCC1(CC2Cc3ccccc3S2)CC2CC2C1. The van der Waals surface area contributed by atoms with Gasteiger partial charge in [-0.1, -0.05) is 34.1 Å². The number of benzene rings is 1. The smallest absolute Gasteiger partial charge is 0.0141 e. The van der Waals surface area contributed by atoms with Crippen LogP contribution in [0.15, 0.2) is 29.2 Å². The summed E-state index contributed by atoms with van der Waals surface area (Å²) in [5.74, 6) is 2.19. The number of rotatable bonds is 3. The van der Waals surface area contributed by atoms with Gasteiger partial charge in [0.05, 0.1) is 0 Å². The van der Waals surface area contributed by atoms with Crippen LogP contribution in [0.25, 0.3) is 0 Å². The molecule has 2 heteroatoms. The van der Waals surface area contributed by atoms with Crippen LogP contribution in [0.5, 0.6) is 0 Å². The van der Waals surface area contributed by atoms with Crippen LogP contribution in [0, 0.1) is 17.3 Å². The van der Waals surface area contributed by atoms with E-state index in [4.69, 9.17) is 0 Å². The van der Waals surface area contributed by atoms with Gasteiger partial charge in [-0.05, 0) is 61.0 Å². The van der Waals surface area contributed by atoms with Gasteiger partial charge in [-0.3, -0.25) is 0 Å². The minimum Gasteiger partial charge on any atom is -0.122 e. The van der Waals surface area contributed by atoms with Crippen molar-refractivity contribution in [2.75, 3.05) is 5.33 Å². The van der Waals surface area contributed by atoms with Crippen LogP contribution in [0.4, 0.5) is 0 Å². The van der Waals surface area contributed by atoms with E-state index in [1.54, 1.807) is 5.56 Å². The standard InChI is InChI=1S/C16H19BrS/c17-10-16(7-12-5-13(12)8-16)9-14-6-11-3-1-2-4-15(11)18-14/h1-4,12-14H,5-10H2. The molecule has 0 saturated heterocycles. The van der Waals surface area contributed by atoms with E-state index in [2.05, 4.69) is 52.0 Å². The van der Waals surface area contributed by atoms with Crippen LogP contribution in [0.3, 0.4) is 0 Å². The van der Waals surface area contributed by atoms with Crippen molar-refractivity contribution in [1.29, 1.82) is 0 Å². The van der Waals surface area contributed by atoms with Crippen molar-refractivity contribution in [3.63, 3.8) is 0 Å². The van der Waals surface area contributed by atoms with E-state index in [1.807, 2.05) is 0 Å². The Bertz CT molecular complexity index is 435. The van der Waals surface area contributed by atoms with Crippen molar-refractivity contribution in [2.24, 2.45) is 17.3 Å². The Balaban J connectivity index is 1.47. The Hall–Kier alpha value is 0.0500. The van der Waals surface area contributed by atoms with Crippen LogP contribution in [0.1, 0.15) is 31.2 Å². The number of hydrogen-bond donors (Lipinski definition) is 0. The van der Waals surface area contributed by atoms with Crippen LogP contribution in [-0.4, -0.2) is 10.6 Å². The first kappa shape index (κ1) is 11.8. The van der Waals surface area contributed by atoms with Crippen molar-refractivity contribution in [2.45, 2.75) is 42.2 Å². The van der Waals surface area contributed by atoms with Gasteiger partial charge in [-0.15, -0.1) is 11.8 Å². The average Bonchev–Trinajstić information content (AvgIpc) is 2.85.